The molecule has 1 rings (SSSR count). The molecule has 0 saturated carbocycles. The fourth-order valence-corrected chi connectivity index (χ4v) is 1.27. The number of ether oxygens (including phenoxy) is 2. The van der Waals surface area contributed by atoms with Gasteiger partial charge in [-0.15, -0.1) is 0 Å². The summed E-state index contributed by atoms with van der Waals surface area (Å²) in [7, 11) is 1.60. The van der Waals surface area contributed by atoms with Crippen molar-refractivity contribution < 1.29 is 19.4 Å². The van der Waals surface area contributed by atoms with Gasteiger partial charge in [0.25, 0.3) is 5.91 Å². The van der Waals surface area contributed by atoms with Gasteiger partial charge in [0, 0.05) is 19.2 Å². The molecule has 6 nitrogen and oxygen atoms in total. The summed E-state index contributed by atoms with van der Waals surface area (Å²) >= 11 is 0. The van der Waals surface area contributed by atoms with Crippen LogP contribution in [-0.4, -0.2) is 44.5 Å². The number of hydrogen-bond donors (Lipinski definition) is 3. The van der Waals surface area contributed by atoms with Gasteiger partial charge < -0.3 is 25.6 Å². The summed E-state index contributed by atoms with van der Waals surface area (Å²) in [6, 6.07) is 4.37. The molecule has 0 aliphatic rings. The van der Waals surface area contributed by atoms with E-state index < -0.39 is 0 Å². The first-order valence-electron chi connectivity index (χ1n) is 5.58. The summed E-state index contributed by atoms with van der Waals surface area (Å²) in [5, 5.41) is 12.0. The fourth-order valence-electron chi connectivity index (χ4n) is 1.27. The van der Waals surface area contributed by atoms with Crippen molar-refractivity contribution in [3.63, 3.8) is 0 Å². The lowest BCUT2D eigenvalue weighted by Crippen LogP contribution is -2.27. The summed E-state index contributed by atoms with van der Waals surface area (Å²) in [4.78, 5) is 11.7. The average molecular weight is 254 g/mol. The number of hydrogen-bond acceptors (Lipinski definition) is 5. The van der Waals surface area contributed by atoms with Gasteiger partial charge in [-0.3, -0.25) is 4.79 Å². The molecule has 1 aromatic rings. The molecular weight excluding hydrogens is 236 g/mol. The van der Waals surface area contributed by atoms with Gasteiger partial charge in [-0.25, -0.2) is 0 Å². The molecule has 1 amide bonds. The Kier molecular flexibility index (Phi) is 5.96. The number of benzene rings is 1. The number of nitrogens with one attached hydrogen (secondary N) is 1. The highest BCUT2D eigenvalue weighted by atomic mass is 16.5. The van der Waals surface area contributed by atoms with Gasteiger partial charge in [0.1, 0.15) is 5.75 Å². The number of carbonyl (C=O) groups excluding carboxylic acids is 1. The maximum atomic E-state index is 11.7. The zero-order valence-electron chi connectivity index (χ0n) is 10.3. The second-order valence-corrected chi connectivity index (χ2v) is 3.63. The molecule has 0 unspecified atom stereocenters. The average Bonchev–Trinajstić information content (AvgIpc) is 2.36. The van der Waals surface area contributed by atoms with E-state index in [2.05, 4.69) is 5.32 Å². The van der Waals surface area contributed by atoms with Gasteiger partial charge in [-0.1, -0.05) is 0 Å². The molecule has 0 aliphatic carbocycles. The molecule has 0 atom stereocenters. The Labute approximate surface area is 106 Å². The maximum Gasteiger partial charge on any atom is 0.251 e. The number of carbonyl (C=O) groups is 1. The van der Waals surface area contributed by atoms with E-state index in [4.69, 9.17) is 15.2 Å². The topological polar surface area (TPSA) is 93.8 Å². The number of amides is 1. The van der Waals surface area contributed by atoms with E-state index in [9.17, 15) is 9.90 Å². The third kappa shape index (κ3) is 4.60. The minimum absolute atomic E-state index is 0.0982. The number of nitrogen functional groups attached to an aromatic ring is 1. The van der Waals surface area contributed by atoms with Crippen molar-refractivity contribution in [2.24, 2.45) is 0 Å². The number of rotatable bonds is 7. The van der Waals surface area contributed by atoms with Gasteiger partial charge >= 0.3 is 0 Å². The van der Waals surface area contributed by atoms with Crippen LogP contribution in [0.25, 0.3) is 0 Å². The molecule has 4 N–H and O–H groups in total. The van der Waals surface area contributed by atoms with E-state index in [0.29, 0.717) is 31.9 Å². The summed E-state index contributed by atoms with van der Waals surface area (Å²) < 4.78 is 10.0. The Balaban J connectivity index is 2.30. The van der Waals surface area contributed by atoms with Crippen molar-refractivity contribution in [2.75, 3.05) is 39.2 Å². The molecule has 0 bridgehead atoms. The van der Waals surface area contributed by atoms with Crippen LogP contribution in [-0.2, 0) is 9.47 Å². The van der Waals surface area contributed by atoms with Gasteiger partial charge in [0.2, 0.25) is 0 Å². The molecule has 0 radical (unpaired) electrons. The van der Waals surface area contributed by atoms with Crippen molar-refractivity contribution >= 4 is 11.6 Å². The first-order chi connectivity index (χ1) is 8.65. The minimum atomic E-state index is -0.277. The zero-order valence-corrected chi connectivity index (χ0v) is 10.3. The molecule has 0 aliphatic heterocycles. The number of phenolic OH excluding ortho intramolecular Hbond substituents is 1. The number of phenols is 1. The lowest BCUT2D eigenvalue weighted by Gasteiger charge is -2.07. The molecule has 100 valence electrons. The molecule has 0 saturated heterocycles. The summed E-state index contributed by atoms with van der Waals surface area (Å²) in [5.41, 5.74) is 6.05. The molecule has 0 aromatic heterocycles. The molecule has 0 spiro atoms. The van der Waals surface area contributed by atoms with Crippen molar-refractivity contribution in [1.29, 1.82) is 0 Å². The smallest absolute Gasteiger partial charge is 0.251 e. The van der Waals surface area contributed by atoms with Crippen LogP contribution in [0.3, 0.4) is 0 Å². The Morgan fingerprint density at radius 2 is 2.17 bits per heavy atom. The van der Waals surface area contributed by atoms with Crippen LogP contribution in [0.4, 0.5) is 5.69 Å². The summed E-state index contributed by atoms with van der Waals surface area (Å²) in [6.07, 6.45) is 0. The predicted molar refractivity (Wildman–Crippen MR) is 67.5 cm³/mol. The van der Waals surface area contributed by atoms with Crippen LogP contribution in [0.2, 0.25) is 0 Å². The first kappa shape index (κ1) is 14.3. The summed E-state index contributed by atoms with van der Waals surface area (Å²) in [5.74, 6) is -0.375. The number of aromatic hydroxyl groups is 1. The fraction of sp³-hybridized carbons (Fsp3) is 0.417. The van der Waals surface area contributed by atoms with E-state index in [1.165, 1.54) is 12.1 Å². The van der Waals surface area contributed by atoms with Crippen LogP contribution in [0.15, 0.2) is 18.2 Å². The second kappa shape index (κ2) is 7.52. The van der Waals surface area contributed by atoms with E-state index in [-0.39, 0.29) is 17.3 Å². The van der Waals surface area contributed by atoms with E-state index in [1.807, 2.05) is 0 Å². The van der Waals surface area contributed by atoms with Gasteiger partial charge in [-0.2, -0.15) is 0 Å². The SMILES string of the molecule is COCCOCCNC(=O)c1ccc(N)c(O)c1. The number of nitrogens with two attached hydrogens (primary N) is 1. The first-order valence-corrected chi connectivity index (χ1v) is 5.58. The largest absolute Gasteiger partial charge is 0.506 e. The predicted octanol–water partition coefficient (Wildman–Crippen LogP) is 0.367. The third-order valence-corrected chi connectivity index (χ3v) is 2.26. The lowest BCUT2D eigenvalue weighted by atomic mass is 10.2. The zero-order chi connectivity index (χ0) is 13.4. The third-order valence-electron chi connectivity index (χ3n) is 2.26. The highest BCUT2D eigenvalue weighted by Gasteiger charge is 2.07. The molecule has 6 heteroatoms. The Hall–Kier alpha value is -1.79. The second-order valence-electron chi connectivity index (χ2n) is 3.63. The van der Waals surface area contributed by atoms with E-state index >= 15 is 0 Å². The Bertz CT molecular complexity index is 396. The molecular formula is C12H18N2O4. The lowest BCUT2D eigenvalue weighted by molar-refractivity contribution is 0.0692. The van der Waals surface area contributed by atoms with Crippen LogP contribution in [0, 0.1) is 0 Å². The van der Waals surface area contributed by atoms with Crippen LogP contribution >= 0.6 is 0 Å². The molecule has 0 fully saturated rings. The van der Waals surface area contributed by atoms with Crippen molar-refractivity contribution in [3.05, 3.63) is 23.8 Å². The Morgan fingerprint density at radius 1 is 1.39 bits per heavy atom. The minimum Gasteiger partial charge on any atom is -0.506 e. The van der Waals surface area contributed by atoms with E-state index in [0.717, 1.165) is 0 Å². The van der Waals surface area contributed by atoms with Crippen molar-refractivity contribution in [2.45, 2.75) is 0 Å². The standard InChI is InChI=1S/C12H18N2O4/c1-17-6-7-18-5-4-14-12(16)9-2-3-10(13)11(15)8-9/h2-3,8,15H,4-7,13H2,1H3,(H,14,16). The van der Waals surface area contributed by atoms with Crippen LogP contribution < -0.4 is 11.1 Å². The van der Waals surface area contributed by atoms with Crippen molar-refractivity contribution in [3.8, 4) is 5.75 Å². The highest BCUT2D eigenvalue weighted by Crippen LogP contribution is 2.20. The van der Waals surface area contributed by atoms with Crippen LogP contribution in [0.5, 0.6) is 5.75 Å². The molecule has 0 heterocycles. The van der Waals surface area contributed by atoms with Gasteiger partial charge in [0.05, 0.1) is 25.5 Å². The highest BCUT2D eigenvalue weighted by molar-refractivity contribution is 5.95. The molecule has 1 aromatic carbocycles. The van der Waals surface area contributed by atoms with Crippen LogP contribution in [0.1, 0.15) is 10.4 Å². The summed E-state index contributed by atoms with van der Waals surface area (Å²) in [6.45, 7) is 1.83. The normalized spacial score (nSPS) is 10.3. The van der Waals surface area contributed by atoms with Crippen molar-refractivity contribution in [1.82, 2.24) is 5.32 Å². The number of anilines is 1. The maximum absolute atomic E-state index is 11.7. The Morgan fingerprint density at radius 3 is 2.83 bits per heavy atom. The van der Waals surface area contributed by atoms with E-state index in [1.54, 1.807) is 13.2 Å². The monoisotopic (exact) mass is 254 g/mol. The van der Waals surface area contributed by atoms with Gasteiger partial charge in [0.15, 0.2) is 0 Å². The molecule has 18 heavy (non-hydrogen) atoms. The number of methoxy groups -OCH3 is 1. The van der Waals surface area contributed by atoms with Gasteiger partial charge in [-0.05, 0) is 18.2 Å². The quantitative estimate of drug-likeness (QED) is 0.371.